The van der Waals surface area contributed by atoms with Crippen molar-refractivity contribution in [3.05, 3.63) is 28.7 Å². The average molecular weight is 297 g/mol. The highest BCUT2D eigenvalue weighted by Gasteiger charge is 2.20. The van der Waals surface area contributed by atoms with Crippen molar-refractivity contribution in [1.29, 1.82) is 0 Å². The number of nitrogens with one attached hydrogen (secondary N) is 2. The summed E-state index contributed by atoms with van der Waals surface area (Å²) in [5, 5.41) is 6.18. The van der Waals surface area contributed by atoms with Crippen LogP contribution in [0.1, 0.15) is 19.3 Å². The van der Waals surface area contributed by atoms with Crippen molar-refractivity contribution in [2.45, 2.75) is 19.3 Å². The molecule has 0 unspecified atom stereocenters. The van der Waals surface area contributed by atoms with Gasteiger partial charge in [-0.15, -0.1) is 0 Å². The molecule has 0 aromatic heterocycles. The van der Waals surface area contributed by atoms with Crippen molar-refractivity contribution in [3.63, 3.8) is 0 Å². The van der Waals surface area contributed by atoms with E-state index >= 15 is 0 Å². The number of carbonyl (C=O) groups is 1. The van der Waals surface area contributed by atoms with Crippen LogP contribution in [0.2, 0.25) is 0 Å². The van der Waals surface area contributed by atoms with E-state index in [9.17, 15) is 4.79 Å². The second-order valence-corrected chi connectivity index (χ2v) is 5.37. The second kappa shape index (κ2) is 6.17. The summed E-state index contributed by atoms with van der Waals surface area (Å²) < 4.78 is 1.02. The Morgan fingerprint density at radius 3 is 2.65 bits per heavy atom. The van der Waals surface area contributed by atoms with Gasteiger partial charge >= 0.3 is 0 Å². The zero-order chi connectivity index (χ0) is 12.1. The van der Waals surface area contributed by atoms with Gasteiger partial charge in [-0.25, -0.2) is 0 Å². The van der Waals surface area contributed by atoms with E-state index in [-0.39, 0.29) is 5.91 Å². The molecule has 0 bridgehead atoms. The van der Waals surface area contributed by atoms with Gasteiger partial charge in [0.1, 0.15) is 0 Å². The lowest BCUT2D eigenvalue weighted by Crippen LogP contribution is -2.23. The highest BCUT2D eigenvalue weighted by molar-refractivity contribution is 9.10. The molecule has 1 fully saturated rings. The molecule has 17 heavy (non-hydrogen) atoms. The van der Waals surface area contributed by atoms with Crippen LogP contribution in [0.4, 0.5) is 5.69 Å². The van der Waals surface area contributed by atoms with Crippen LogP contribution in [0.3, 0.4) is 0 Å². The Balaban J connectivity index is 1.63. The lowest BCUT2D eigenvalue weighted by molar-refractivity contribution is -0.116. The predicted molar refractivity (Wildman–Crippen MR) is 73.0 cm³/mol. The van der Waals surface area contributed by atoms with E-state index in [4.69, 9.17) is 0 Å². The standard InChI is InChI=1S/C13H17BrN2O/c14-11-3-5-12(6-4-11)16-13(17)7-8-15-9-10-1-2-10/h3-6,10,15H,1-2,7-9H2,(H,16,17). The zero-order valence-electron chi connectivity index (χ0n) is 9.71. The first-order chi connectivity index (χ1) is 8.24. The molecule has 2 rings (SSSR count). The van der Waals surface area contributed by atoms with Gasteiger partial charge in [0.25, 0.3) is 0 Å². The van der Waals surface area contributed by atoms with Crippen LogP contribution < -0.4 is 10.6 Å². The number of carbonyl (C=O) groups excluding carboxylic acids is 1. The molecule has 92 valence electrons. The molecular weight excluding hydrogens is 280 g/mol. The number of rotatable bonds is 6. The fraction of sp³-hybridized carbons (Fsp3) is 0.462. The van der Waals surface area contributed by atoms with Crippen LogP contribution in [0, 0.1) is 5.92 Å². The summed E-state index contributed by atoms with van der Waals surface area (Å²) in [4.78, 5) is 11.6. The largest absolute Gasteiger partial charge is 0.326 e. The maximum atomic E-state index is 11.6. The van der Waals surface area contributed by atoms with Gasteiger partial charge in [-0.1, -0.05) is 15.9 Å². The molecule has 0 heterocycles. The second-order valence-electron chi connectivity index (χ2n) is 4.45. The molecule has 1 saturated carbocycles. The van der Waals surface area contributed by atoms with E-state index in [1.807, 2.05) is 24.3 Å². The molecule has 1 amide bonds. The predicted octanol–water partition coefficient (Wildman–Crippen LogP) is 2.78. The van der Waals surface area contributed by atoms with E-state index in [0.29, 0.717) is 6.42 Å². The van der Waals surface area contributed by atoms with Gasteiger partial charge in [0.2, 0.25) is 5.91 Å². The molecule has 1 aromatic carbocycles. The summed E-state index contributed by atoms with van der Waals surface area (Å²) in [6.07, 6.45) is 3.22. The molecule has 2 N–H and O–H groups in total. The van der Waals surface area contributed by atoms with Crippen LogP contribution in [-0.4, -0.2) is 19.0 Å². The van der Waals surface area contributed by atoms with Crippen LogP contribution >= 0.6 is 15.9 Å². The molecule has 0 spiro atoms. The van der Waals surface area contributed by atoms with Gasteiger partial charge in [-0.2, -0.15) is 0 Å². The summed E-state index contributed by atoms with van der Waals surface area (Å²) in [7, 11) is 0. The van der Waals surface area contributed by atoms with Gasteiger partial charge in [-0.3, -0.25) is 4.79 Å². The normalized spacial score (nSPS) is 14.6. The first-order valence-corrected chi connectivity index (χ1v) is 6.79. The third-order valence-electron chi connectivity index (χ3n) is 2.79. The van der Waals surface area contributed by atoms with Crippen molar-refractivity contribution < 1.29 is 4.79 Å². The van der Waals surface area contributed by atoms with Gasteiger partial charge in [0.15, 0.2) is 0 Å². The quantitative estimate of drug-likeness (QED) is 0.793. The Morgan fingerprint density at radius 1 is 1.29 bits per heavy atom. The average Bonchev–Trinajstić information content (AvgIpc) is 3.12. The molecule has 0 saturated heterocycles. The van der Waals surface area contributed by atoms with E-state index < -0.39 is 0 Å². The van der Waals surface area contributed by atoms with E-state index in [1.54, 1.807) is 0 Å². The molecular formula is C13H17BrN2O. The first kappa shape index (κ1) is 12.6. The maximum absolute atomic E-state index is 11.6. The third kappa shape index (κ3) is 4.88. The van der Waals surface area contributed by atoms with Crippen molar-refractivity contribution >= 4 is 27.5 Å². The van der Waals surface area contributed by atoms with Crippen LogP contribution in [0.15, 0.2) is 28.7 Å². The Morgan fingerprint density at radius 2 is 2.00 bits per heavy atom. The lowest BCUT2D eigenvalue weighted by atomic mass is 10.3. The highest BCUT2D eigenvalue weighted by Crippen LogP contribution is 2.27. The lowest BCUT2D eigenvalue weighted by Gasteiger charge is -2.06. The maximum Gasteiger partial charge on any atom is 0.225 e. The SMILES string of the molecule is O=C(CCNCC1CC1)Nc1ccc(Br)cc1. The summed E-state index contributed by atoms with van der Waals surface area (Å²) in [6.45, 7) is 1.82. The zero-order valence-corrected chi connectivity index (χ0v) is 11.3. The van der Waals surface area contributed by atoms with E-state index in [0.717, 1.165) is 29.2 Å². The number of hydrogen-bond acceptors (Lipinski definition) is 2. The van der Waals surface area contributed by atoms with Gasteiger partial charge in [0, 0.05) is 23.1 Å². The number of benzene rings is 1. The van der Waals surface area contributed by atoms with Gasteiger partial charge < -0.3 is 10.6 Å². The van der Waals surface area contributed by atoms with E-state index in [1.165, 1.54) is 12.8 Å². The minimum absolute atomic E-state index is 0.0654. The summed E-state index contributed by atoms with van der Waals surface area (Å²) in [5.41, 5.74) is 0.848. The first-order valence-electron chi connectivity index (χ1n) is 6.00. The molecule has 1 aliphatic rings. The van der Waals surface area contributed by atoms with Crippen LogP contribution in [0.25, 0.3) is 0 Å². The monoisotopic (exact) mass is 296 g/mol. The topological polar surface area (TPSA) is 41.1 Å². The molecule has 0 radical (unpaired) electrons. The van der Waals surface area contributed by atoms with Crippen molar-refractivity contribution in [2.24, 2.45) is 5.92 Å². The fourth-order valence-electron chi connectivity index (χ4n) is 1.59. The Kier molecular flexibility index (Phi) is 4.57. The molecule has 0 aliphatic heterocycles. The van der Waals surface area contributed by atoms with Crippen molar-refractivity contribution in [3.8, 4) is 0 Å². The van der Waals surface area contributed by atoms with Gasteiger partial charge in [-0.05, 0) is 49.6 Å². The Bertz CT molecular complexity index is 374. The van der Waals surface area contributed by atoms with E-state index in [2.05, 4.69) is 26.6 Å². The molecule has 1 aliphatic carbocycles. The molecule has 3 nitrogen and oxygen atoms in total. The van der Waals surface area contributed by atoms with Crippen molar-refractivity contribution in [1.82, 2.24) is 5.32 Å². The number of anilines is 1. The summed E-state index contributed by atoms with van der Waals surface area (Å²) in [5.74, 6) is 0.931. The number of hydrogen-bond donors (Lipinski definition) is 2. The summed E-state index contributed by atoms with van der Waals surface area (Å²) >= 11 is 3.36. The Hall–Kier alpha value is -0.870. The number of amides is 1. The number of halogens is 1. The molecule has 0 atom stereocenters. The smallest absolute Gasteiger partial charge is 0.225 e. The van der Waals surface area contributed by atoms with Crippen LogP contribution in [0.5, 0.6) is 0 Å². The molecule has 4 heteroatoms. The minimum atomic E-state index is 0.0654. The molecule has 1 aromatic rings. The minimum Gasteiger partial charge on any atom is -0.326 e. The van der Waals surface area contributed by atoms with Crippen molar-refractivity contribution in [2.75, 3.05) is 18.4 Å². The van der Waals surface area contributed by atoms with Crippen LogP contribution in [-0.2, 0) is 4.79 Å². The van der Waals surface area contributed by atoms with Gasteiger partial charge in [0.05, 0.1) is 0 Å². The highest BCUT2D eigenvalue weighted by atomic mass is 79.9. The third-order valence-corrected chi connectivity index (χ3v) is 3.32. The Labute approximate surface area is 110 Å². The summed E-state index contributed by atoms with van der Waals surface area (Å²) in [6, 6.07) is 7.61. The fourth-order valence-corrected chi connectivity index (χ4v) is 1.85.